The Balaban J connectivity index is 1.68. The Kier molecular flexibility index (Phi) is 7.93. The van der Waals surface area contributed by atoms with Crippen molar-refractivity contribution >= 4 is 0 Å². The van der Waals surface area contributed by atoms with Crippen LogP contribution in [-0.2, 0) is 0 Å². The van der Waals surface area contributed by atoms with Gasteiger partial charge >= 0.3 is 0 Å². The summed E-state index contributed by atoms with van der Waals surface area (Å²) in [5.41, 5.74) is 1.60. The molecule has 0 aromatic rings. The van der Waals surface area contributed by atoms with Crippen LogP contribution >= 0.6 is 0 Å². The third-order valence-electron chi connectivity index (χ3n) is 6.37. The van der Waals surface area contributed by atoms with Gasteiger partial charge in [-0.2, -0.15) is 5.26 Å². The highest BCUT2D eigenvalue weighted by molar-refractivity contribution is 5.08. The van der Waals surface area contributed by atoms with Crippen LogP contribution in [0.5, 0.6) is 0 Å². The zero-order valence-electron chi connectivity index (χ0n) is 15.1. The maximum atomic E-state index is 8.52. The van der Waals surface area contributed by atoms with E-state index >= 15 is 0 Å². The smallest absolute Gasteiger partial charge is 0.0908 e. The molecular formula is C22H35N. The van der Waals surface area contributed by atoms with Gasteiger partial charge in [0.25, 0.3) is 0 Å². The van der Waals surface area contributed by atoms with Gasteiger partial charge < -0.3 is 0 Å². The number of hydrogen-bond donors (Lipinski definition) is 0. The fourth-order valence-electron chi connectivity index (χ4n) is 4.85. The summed E-state index contributed by atoms with van der Waals surface area (Å²) in [4.78, 5) is 0. The molecule has 0 aromatic carbocycles. The molecule has 0 amide bonds. The molecule has 2 aliphatic rings. The summed E-state index contributed by atoms with van der Waals surface area (Å²) in [6, 6.07) is 2.08. The molecule has 23 heavy (non-hydrogen) atoms. The molecule has 0 bridgehead atoms. The van der Waals surface area contributed by atoms with E-state index in [-0.39, 0.29) is 0 Å². The zero-order valence-corrected chi connectivity index (χ0v) is 15.1. The SMILES string of the molecule is C=C([C@H]1CC[C@H](CCC)CC1)[C@H]1CC[C@H](CC/C=C/C#N)CC1. The molecule has 2 fully saturated rings. The summed E-state index contributed by atoms with van der Waals surface area (Å²) < 4.78 is 0. The van der Waals surface area contributed by atoms with Crippen LogP contribution in [0, 0.1) is 35.0 Å². The lowest BCUT2D eigenvalue weighted by atomic mass is 9.70. The largest absolute Gasteiger partial charge is 0.193 e. The maximum absolute atomic E-state index is 8.52. The van der Waals surface area contributed by atoms with Crippen LogP contribution in [0.15, 0.2) is 24.3 Å². The predicted molar refractivity (Wildman–Crippen MR) is 98.9 cm³/mol. The Hall–Kier alpha value is -1.03. The lowest BCUT2D eigenvalue weighted by Crippen LogP contribution is -2.23. The van der Waals surface area contributed by atoms with Crippen molar-refractivity contribution in [1.29, 1.82) is 5.26 Å². The van der Waals surface area contributed by atoms with Gasteiger partial charge in [0.05, 0.1) is 6.07 Å². The monoisotopic (exact) mass is 313 g/mol. The fourth-order valence-corrected chi connectivity index (χ4v) is 4.85. The predicted octanol–water partition coefficient (Wildman–Crippen LogP) is 6.82. The first-order valence-corrected chi connectivity index (χ1v) is 9.97. The summed E-state index contributed by atoms with van der Waals surface area (Å²) in [5, 5.41) is 8.52. The van der Waals surface area contributed by atoms with E-state index in [1.165, 1.54) is 70.6 Å². The first-order chi connectivity index (χ1) is 11.2. The van der Waals surface area contributed by atoms with Crippen LogP contribution in [0.25, 0.3) is 0 Å². The van der Waals surface area contributed by atoms with Crippen molar-refractivity contribution in [3.63, 3.8) is 0 Å². The van der Waals surface area contributed by atoms with Crippen molar-refractivity contribution in [2.75, 3.05) is 0 Å². The molecule has 0 radical (unpaired) electrons. The standard InChI is InChI=1S/C22H35N/c1-3-7-19-9-13-21(14-10-19)18(2)22-15-11-20(12-16-22)8-5-4-6-17-23/h4,6,19-22H,2-3,5,7-16H2,1H3/b6-4+/t19-,20-,21-,22-. The minimum Gasteiger partial charge on any atom is -0.193 e. The van der Waals surface area contributed by atoms with Crippen molar-refractivity contribution < 1.29 is 0 Å². The fraction of sp³-hybridized carbons (Fsp3) is 0.773. The van der Waals surface area contributed by atoms with Crippen LogP contribution < -0.4 is 0 Å². The van der Waals surface area contributed by atoms with E-state index in [1.54, 1.807) is 11.6 Å². The topological polar surface area (TPSA) is 23.8 Å². The normalized spacial score (nSPS) is 31.8. The second kappa shape index (κ2) is 9.96. The van der Waals surface area contributed by atoms with Crippen molar-refractivity contribution in [3.05, 3.63) is 24.3 Å². The molecule has 1 heteroatoms. The van der Waals surface area contributed by atoms with Crippen LogP contribution in [-0.4, -0.2) is 0 Å². The minimum absolute atomic E-state index is 0.800. The first-order valence-electron chi connectivity index (χ1n) is 9.97. The van der Waals surface area contributed by atoms with E-state index < -0.39 is 0 Å². The van der Waals surface area contributed by atoms with Crippen molar-refractivity contribution in [2.45, 2.75) is 84.0 Å². The van der Waals surface area contributed by atoms with Gasteiger partial charge in [0.2, 0.25) is 0 Å². The van der Waals surface area contributed by atoms with Gasteiger partial charge in [-0.3, -0.25) is 0 Å². The number of allylic oxidation sites excluding steroid dienone is 3. The average Bonchev–Trinajstić information content (AvgIpc) is 2.60. The summed E-state index contributed by atoms with van der Waals surface area (Å²) >= 11 is 0. The summed E-state index contributed by atoms with van der Waals surface area (Å²) in [6.07, 6.45) is 19.9. The number of nitrogens with zero attached hydrogens (tertiary/aromatic N) is 1. The van der Waals surface area contributed by atoms with Crippen LogP contribution in [0.4, 0.5) is 0 Å². The quantitative estimate of drug-likeness (QED) is 0.374. The molecular weight excluding hydrogens is 278 g/mol. The highest BCUT2D eigenvalue weighted by atomic mass is 14.3. The highest BCUT2D eigenvalue weighted by Crippen LogP contribution is 2.42. The maximum Gasteiger partial charge on any atom is 0.0908 e. The number of rotatable bonds is 7. The molecule has 0 saturated heterocycles. The van der Waals surface area contributed by atoms with E-state index in [9.17, 15) is 0 Å². The van der Waals surface area contributed by atoms with Crippen molar-refractivity contribution in [3.8, 4) is 6.07 Å². The van der Waals surface area contributed by atoms with Gasteiger partial charge in [-0.25, -0.2) is 0 Å². The Morgan fingerprint density at radius 2 is 1.48 bits per heavy atom. The van der Waals surface area contributed by atoms with E-state index in [0.29, 0.717) is 0 Å². The Morgan fingerprint density at radius 1 is 0.957 bits per heavy atom. The van der Waals surface area contributed by atoms with Gasteiger partial charge in [0.15, 0.2) is 0 Å². The van der Waals surface area contributed by atoms with Gasteiger partial charge in [0, 0.05) is 6.08 Å². The number of hydrogen-bond acceptors (Lipinski definition) is 1. The lowest BCUT2D eigenvalue weighted by Gasteiger charge is -2.36. The molecule has 0 aromatic heterocycles. The lowest BCUT2D eigenvalue weighted by molar-refractivity contribution is 0.241. The molecule has 2 aliphatic carbocycles. The molecule has 0 atom stereocenters. The molecule has 2 rings (SSSR count). The van der Waals surface area contributed by atoms with E-state index in [0.717, 1.165) is 30.1 Å². The molecule has 0 N–H and O–H groups in total. The van der Waals surface area contributed by atoms with E-state index in [1.807, 2.05) is 6.08 Å². The third kappa shape index (κ3) is 5.83. The molecule has 128 valence electrons. The molecule has 0 aliphatic heterocycles. The second-order valence-corrected chi connectivity index (χ2v) is 7.91. The van der Waals surface area contributed by atoms with Gasteiger partial charge in [-0.15, -0.1) is 0 Å². The van der Waals surface area contributed by atoms with Gasteiger partial charge in [-0.1, -0.05) is 38.0 Å². The van der Waals surface area contributed by atoms with Crippen LogP contribution in [0.3, 0.4) is 0 Å². The van der Waals surface area contributed by atoms with E-state index in [4.69, 9.17) is 5.26 Å². The second-order valence-electron chi connectivity index (χ2n) is 7.91. The highest BCUT2D eigenvalue weighted by Gasteiger charge is 2.29. The molecule has 0 spiro atoms. The van der Waals surface area contributed by atoms with Crippen LogP contribution in [0.2, 0.25) is 0 Å². The zero-order chi connectivity index (χ0) is 16.5. The van der Waals surface area contributed by atoms with Gasteiger partial charge in [0.1, 0.15) is 0 Å². The molecule has 2 saturated carbocycles. The van der Waals surface area contributed by atoms with Crippen LogP contribution in [0.1, 0.15) is 84.0 Å². The average molecular weight is 314 g/mol. The Bertz CT molecular complexity index is 412. The van der Waals surface area contributed by atoms with Gasteiger partial charge in [-0.05, 0) is 87.9 Å². The van der Waals surface area contributed by atoms with Crippen molar-refractivity contribution in [1.82, 2.24) is 0 Å². The van der Waals surface area contributed by atoms with Crippen molar-refractivity contribution in [2.24, 2.45) is 23.7 Å². The number of nitriles is 1. The summed E-state index contributed by atoms with van der Waals surface area (Å²) in [6.45, 7) is 6.86. The Labute approximate surface area is 143 Å². The molecule has 0 unspecified atom stereocenters. The third-order valence-corrected chi connectivity index (χ3v) is 6.37. The summed E-state index contributed by atoms with van der Waals surface area (Å²) in [5.74, 6) is 3.50. The molecule has 1 nitrogen and oxygen atoms in total. The molecule has 0 heterocycles. The Morgan fingerprint density at radius 3 is 1.96 bits per heavy atom. The first kappa shape index (κ1) is 18.3. The summed E-state index contributed by atoms with van der Waals surface area (Å²) in [7, 11) is 0. The minimum atomic E-state index is 0.800. The van der Waals surface area contributed by atoms with E-state index in [2.05, 4.69) is 19.6 Å².